The zero-order valence-electron chi connectivity index (χ0n) is 17.5. The highest BCUT2D eigenvalue weighted by molar-refractivity contribution is 5.91. The van der Waals surface area contributed by atoms with Gasteiger partial charge in [0, 0.05) is 11.9 Å². The van der Waals surface area contributed by atoms with Crippen molar-refractivity contribution in [2.75, 3.05) is 19.0 Å². The topological polar surface area (TPSA) is 97.4 Å². The van der Waals surface area contributed by atoms with Crippen LogP contribution in [0.25, 0.3) is 5.69 Å². The first-order valence-corrected chi connectivity index (χ1v) is 9.69. The molecule has 0 aliphatic heterocycles. The molecule has 0 aliphatic carbocycles. The van der Waals surface area contributed by atoms with E-state index < -0.39 is 0 Å². The number of anilines is 1. The number of hydrogen-bond acceptors (Lipinski definition) is 4. The van der Waals surface area contributed by atoms with E-state index in [-0.39, 0.29) is 17.8 Å². The maximum Gasteiger partial charge on any atom is 0.330 e. The summed E-state index contributed by atoms with van der Waals surface area (Å²) in [5.74, 6) is 1.26. The van der Waals surface area contributed by atoms with Crippen LogP contribution in [0.2, 0.25) is 0 Å². The lowest BCUT2D eigenvalue weighted by molar-refractivity contribution is 0.249. The molecule has 3 aromatic rings. The number of aromatic amines is 1. The first-order valence-electron chi connectivity index (χ1n) is 9.69. The van der Waals surface area contributed by atoms with E-state index in [1.54, 1.807) is 31.5 Å². The number of urea groups is 1. The van der Waals surface area contributed by atoms with Gasteiger partial charge in [-0.05, 0) is 50.6 Å². The largest absolute Gasteiger partial charge is 0.493 e. The second-order valence-corrected chi connectivity index (χ2v) is 6.75. The van der Waals surface area contributed by atoms with Gasteiger partial charge in [0.05, 0.1) is 31.1 Å². The number of ether oxygens (including phenoxy) is 2. The van der Waals surface area contributed by atoms with E-state index in [0.717, 1.165) is 11.3 Å². The third-order valence-corrected chi connectivity index (χ3v) is 4.69. The van der Waals surface area contributed by atoms with Gasteiger partial charge in [-0.1, -0.05) is 18.2 Å². The fourth-order valence-corrected chi connectivity index (χ4v) is 3.20. The Morgan fingerprint density at radius 1 is 1.20 bits per heavy atom. The Labute approximate surface area is 174 Å². The third-order valence-electron chi connectivity index (χ3n) is 4.69. The smallest absolute Gasteiger partial charge is 0.330 e. The number of carbonyl (C=O) groups is 1. The Balaban J connectivity index is 1.76. The summed E-state index contributed by atoms with van der Waals surface area (Å²) in [5.41, 5.74) is 2.46. The number of amides is 2. The van der Waals surface area contributed by atoms with Gasteiger partial charge in [0.15, 0.2) is 11.5 Å². The Morgan fingerprint density at radius 2 is 1.97 bits per heavy atom. The second-order valence-electron chi connectivity index (χ2n) is 6.75. The second kappa shape index (κ2) is 9.21. The number of nitrogens with zero attached hydrogens (tertiary/aromatic N) is 1. The summed E-state index contributed by atoms with van der Waals surface area (Å²) in [6.07, 6.45) is 1.63. The van der Waals surface area contributed by atoms with Crippen molar-refractivity contribution in [1.29, 1.82) is 0 Å². The Hall–Kier alpha value is -3.68. The lowest BCUT2D eigenvalue weighted by Gasteiger charge is -2.18. The molecule has 0 saturated carbocycles. The molecule has 0 bridgehead atoms. The maximum atomic E-state index is 12.6. The number of para-hydroxylation sites is 2. The third kappa shape index (κ3) is 4.48. The van der Waals surface area contributed by atoms with Crippen molar-refractivity contribution in [2.45, 2.75) is 26.8 Å². The molecule has 1 unspecified atom stereocenters. The number of aromatic nitrogens is 2. The van der Waals surface area contributed by atoms with Crippen molar-refractivity contribution >= 4 is 11.7 Å². The standard InChI is InChI=1S/C22H26N4O4/c1-5-30-19-11-10-16(12-20(19)29-4)15(3)24-21(27)25-17-8-6-7-9-18(17)26-14(2)13-23-22(26)28/h6-13,15H,5H2,1-4H3,(H,23,28)(H2,24,25,27). The van der Waals surface area contributed by atoms with E-state index in [2.05, 4.69) is 15.6 Å². The fourth-order valence-electron chi connectivity index (χ4n) is 3.20. The number of benzene rings is 2. The molecular formula is C22H26N4O4. The van der Waals surface area contributed by atoms with Gasteiger partial charge in [-0.3, -0.25) is 4.57 Å². The summed E-state index contributed by atoms with van der Waals surface area (Å²) >= 11 is 0. The van der Waals surface area contributed by atoms with Crippen molar-refractivity contribution in [3.05, 3.63) is 70.4 Å². The Morgan fingerprint density at radius 3 is 2.63 bits per heavy atom. The number of nitrogens with one attached hydrogen (secondary N) is 3. The average Bonchev–Trinajstić information content (AvgIpc) is 3.07. The van der Waals surface area contributed by atoms with E-state index in [4.69, 9.17) is 9.47 Å². The first kappa shape index (κ1) is 21.0. The minimum Gasteiger partial charge on any atom is -0.493 e. The van der Waals surface area contributed by atoms with Crippen LogP contribution in [0.5, 0.6) is 11.5 Å². The number of carbonyl (C=O) groups excluding carboxylic acids is 1. The van der Waals surface area contributed by atoms with Crippen LogP contribution in [0.1, 0.15) is 31.1 Å². The minimum absolute atomic E-state index is 0.267. The van der Waals surface area contributed by atoms with Gasteiger partial charge in [-0.2, -0.15) is 0 Å². The summed E-state index contributed by atoms with van der Waals surface area (Å²) in [6.45, 7) is 6.13. The van der Waals surface area contributed by atoms with Crippen molar-refractivity contribution in [3.8, 4) is 17.2 Å². The number of hydrogen-bond donors (Lipinski definition) is 3. The fraction of sp³-hybridized carbons (Fsp3) is 0.273. The molecular weight excluding hydrogens is 384 g/mol. The van der Waals surface area contributed by atoms with Crippen LogP contribution in [-0.4, -0.2) is 29.3 Å². The molecule has 1 heterocycles. The molecule has 8 heteroatoms. The monoisotopic (exact) mass is 410 g/mol. The molecule has 2 aromatic carbocycles. The van der Waals surface area contributed by atoms with Crippen LogP contribution >= 0.6 is 0 Å². The van der Waals surface area contributed by atoms with Crippen LogP contribution in [0.15, 0.2) is 53.5 Å². The first-order chi connectivity index (χ1) is 14.4. The van der Waals surface area contributed by atoms with Crippen LogP contribution in [-0.2, 0) is 0 Å². The quantitative estimate of drug-likeness (QED) is 0.552. The normalized spacial score (nSPS) is 11.6. The van der Waals surface area contributed by atoms with Gasteiger partial charge < -0.3 is 25.1 Å². The lowest BCUT2D eigenvalue weighted by Crippen LogP contribution is -2.32. The van der Waals surface area contributed by atoms with E-state index in [0.29, 0.717) is 29.5 Å². The summed E-state index contributed by atoms with van der Waals surface area (Å²) in [6, 6.07) is 12.0. The van der Waals surface area contributed by atoms with Gasteiger partial charge in [0.25, 0.3) is 0 Å². The van der Waals surface area contributed by atoms with Crippen LogP contribution in [0, 0.1) is 6.92 Å². The number of methoxy groups -OCH3 is 1. The molecule has 2 amide bonds. The van der Waals surface area contributed by atoms with E-state index in [1.807, 2.05) is 45.0 Å². The van der Waals surface area contributed by atoms with Gasteiger partial charge in [-0.25, -0.2) is 9.59 Å². The van der Waals surface area contributed by atoms with Crippen LogP contribution in [0.3, 0.4) is 0 Å². The molecule has 3 rings (SSSR count). The number of rotatable bonds is 7. The van der Waals surface area contributed by atoms with Crippen LogP contribution < -0.4 is 25.8 Å². The molecule has 3 N–H and O–H groups in total. The van der Waals surface area contributed by atoms with Gasteiger partial charge in [0.1, 0.15) is 0 Å². The van der Waals surface area contributed by atoms with E-state index in [9.17, 15) is 9.59 Å². The van der Waals surface area contributed by atoms with Crippen molar-refractivity contribution in [1.82, 2.24) is 14.9 Å². The molecule has 0 spiro atoms. The number of aryl methyl sites for hydroxylation is 1. The predicted octanol–water partition coefficient (Wildman–Crippen LogP) is 3.76. The summed E-state index contributed by atoms with van der Waals surface area (Å²) < 4.78 is 12.4. The van der Waals surface area contributed by atoms with Crippen molar-refractivity contribution in [2.24, 2.45) is 0 Å². The molecule has 0 saturated heterocycles. The van der Waals surface area contributed by atoms with E-state index >= 15 is 0 Å². The van der Waals surface area contributed by atoms with Gasteiger partial charge in [-0.15, -0.1) is 0 Å². The Bertz CT molecular complexity index is 1090. The average molecular weight is 410 g/mol. The lowest BCUT2D eigenvalue weighted by atomic mass is 10.1. The number of imidazole rings is 1. The Kier molecular flexibility index (Phi) is 6.46. The molecule has 30 heavy (non-hydrogen) atoms. The maximum absolute atomic E-state index is 12.6. The molecule has 1 atom stereocenters. The molecule has 0 aliphatic rings. The molecule has 0 radical (unpaired) electrons. The summed E-state index contributed by atoms with van der Waals surface area (Å²) in [5, 5.41) is 5.74. The number of H-pyrrole nitrogens is 1. The summed E-state index contributed by atoms with van der Waals surface area (Å²) in [4.78, 5) is 27.4. The molecule has 1 aromatic heterocycles. The predicted molar refractivity (Wildman–Crippen MR) is 116 cm³/mol. The molecule has 158 valence electrons. The van der Waals surface area contributed by atoms with Gasteiger partial charge in [0.2, 0.25) is 0 Å². The van der Waals surface area contributed by atoms with Gasteiger partial charge >= 0.3 is 11.7 Å². The molecule has 8 nitrogen and oxygen atoms in total. The molecule has 0 fully saturated rings. The highest BCUT2D eigenvalue weighted by Gasteiger charge is 2.15. The van der Waals surface area contributed by atoms with Crippen molar-refractivity contribution in [3.63, 3.8) is 0 Å². The SMILES string of the molecule is CCOc1ccc(C(C)NC(=O)Nc2ccccc2-n2c(C)c[nH]c2=O)cc1OC. The minimum atomic E-state index is -0.385. The highest BCUT2D eigenvalue weighted by Crippen LogP contribution is 2.30. The zero-order chi connectivity index (χ0) is 21.7. The summed E-state index contributed by atoms with van der Waals surface area (Å²) in [7, 11) is 1.58. The highest BCUT2D eigenvalue weighted by atomic mass is 16.5. The van der Waals surface area contributed by atoms with E-state index in [1.165, 1.54) is 4.57 Å². The van der Waals surface area contributed by atoms with Crippen LogP contribution in [0.4, 0.5) is 10.5 Å². The zero-order valence-corrected chi connectivity index (χ0v) is 17.5. The van der Waals surface area contributed by atoms with Crippen molar-refractivity contribution < 1.29 is 14.3 Å².